The minimum Gasteiger partial charge on any atom is -0.368 e. The van der Waals surface area contributed by atoms with E-state index in [9.17, 15) is 19.8 Å². The summed E-state index contributed by atoms with van der Waals surface area (Å²) in [4.78, 5) is 35.3. The van der Waals surface area contributed by atoms with Crippen molar-refractivity contribution < 1.29 is 19.8 Å². The standard InChI is InChI=1S/C29H29ClN4O4/c30-19-12-9-17(10-13-19)28-23(7-3-4-8-27(36)37)31-25-15-18(11-14-22(25)33-28)29(38)34-24-16-26(35)32-21-6-2-1-5-20(21)24/h1-2,5-6,9-10,12-13,15,24,27,36-37H,3-4,7-8,11,14,16H2,(H,32,35)(H,34,38). The molecule has 0 bridgehead atoms. The van der Waals surface area contributed by atoms with Gasteiger partial charge in [0.15, 0.2) is 6.29 Å². The second kappa shape index (κ2) is 11.4. The Bertz CT molecular complexity index is 1390. The Morgan fingerprint density at radius 2 is 1.87 bits per heavy atom. The second-order valence-corrected chi connectivity index (χ2v) is 10.1. The number of amides is 2. The molecule has 1 aromatic heterocycles. The summed E-state index contributed by atoms with van der Waals surface area (Å²) in [6.07, 6.45) is 3.98. The van der Waals surface area contributed by atoms with Gasteiger partial charge in [-0.1, -0.05) is 41.9 Å². The van der Waals surface area contributed by atoms with E-state index in [1.807, 2.05) is 48.5 Å². The molecule has 2 amide bonds. The number of nitrogens with one attached hydrogen (secondary N) is 2. The molecule has 4 N–H and O–H groups in total. The van der Waals surface area contributed by atoms with Crippen LogP contribution in [-0.4, -0.2) is 38.3 Å². The van der Waals surface area contributed by atoms with Crippen LogP contribution in [-0.2, 0) is 22.4 Å². The first-order valence-corrected chi connectivity index (χ1v) is 13.2. The van der Waals surface area contributed by atoms with E-state index >= 15 is 0 Å². The van der Waals surface area contributed by atoms with Crippen molar-refractivity contribution in [3.63, 3.8) is 0 Å². The lowest BCUT2D eigenvalue weighted by atomic mass is 9.94. The van der Waals surface area contributed by atoms with E-state index in [-0.39, 0.29) is 18.2 Å². The third-order valence-corrected chi connectivity index (χ3v) is 7.11. The zero-order valence-corrected chi connectivity index (χ0v) is 21.5. The zero-order valence-electron chi connectivity index (χ0n) is 20.8. The lowest BCUT2D eigenvalue weighted by molar-refractivity contribution is -0.119. The summed E-state index contributed by atoms with van der Waals surface area (Å²) < 4.78 is 0. The summed E-state index contributed by atoms with van der Waals surface area (Å²) >= 11 is 6.09. The molecule has 0 spiro atoms. The number of aromatic nitrogens is 2. The van der Waals surface area contributed by atoms with Crippen LogP contribution in [0.2, 0.25) is 5.02 Å². The summed E-state index contributed by atoms with van der Waals surface area (Å²) in [5.74, 6) is -0.344. The number of anilines is 1. The fourth-order valence-electron chi connectivity index (χ4n) is 4.91. The van der Waals surface area contributed by atoms with Crippen molar-refractivity contribution in [3.05, 3.63) is 81.8 Å². The molecule has 0 saturated heterocycles. The normalized spacial score (nSPS) is 16.4. The van der Waals surface area contributed by atoms with Gasteiger partial charge < -0.3 is 20.8 Å². The van der Waals surface area contributed by atoms with Crippen molar-refractivity contribution in [2.24, 2.45) is 0 Å². The fraction of sp³-hybridized carbons (Fsp3) is 0.310. The number of benzene rings is 2. The second-order valence-electron chi connectivity index (χ2n) is 9.62. The first-order chi connectivity index (χ1) is 18.4. The lowest BCUT2D eigenvalue weighted by Gasteiger charge is -2.27. The molecule has 0 fully saturated rings. The van der Waals surface area contributed by atoms with Gasteiger partial charge in [-0.2, -0.15) is 0 Å². The number of fused-ring (bicyclic) bond motifs is 2. The highest BCUT2D eigenvalue weighted by Crippen LogP contribution is 2.32. The number of aryl methyl sites for hydroxylation is 2. The molecule has 38 heavy (non-hydrogen) atoms. The van der Waals surface area contributed by atoms with Gasteiger partial charge in [-0.25, -0.2) is 9.97 Å². The Morgan fingerprint density at radius 1 is 1.08 bits per heavy atom. The molecule has 3 aromatic rings. The molecule has 1 atom stereocenters. The molecule has 5 rings (SSSR count). The summed E-state index contributed by atoms with van der Waals surface area (Å²) in [6, 6.07) is 14.5. The largest absolute Gasteiger partial charge is 0.368 e. The number of hydrogen-bond acceptors (Lipinski definition) is 6. The van der Waals surface area contributed by atoms with Crippen LogP contribution in [0.5, 0.6) is 0 Å². The summed E-state index contributed by atoms with van der Waals surface area (Å²) in [6.45, 7) is 0. The minimum atomic E-state index is -1.33. The van der Waals surface area contributed by atoms with Crippen molar-refractivity contribution in [3.8, 4) is 11.3 Å². The smallest absolute Gasteiger partial charge is 0.247 e. The van der Waals surface area contributed by atoms with Crippen LogP contribution >= 0.6 is 11.6 Å². The third kappa shape index (κ3) is 5.93. The molecule has 8 nitrogen and oxygen atoms in total. The highest BCUT2D eigenvalue weighted by molar-refractivity contribution is 6.30. The predicted molar refractivity (Wildman–Crippen MR) is 145 cm³/mol. The average Bonchev–Trinajstić information content (AvgIpc) is 2.90. The molecule has 196 valence electrons. The minimum absolute atomic E-state index is 0.129. The maximum absolute atomic E-state index is 13.3. The van der Waals surface area contributed by atoms with Gasteiger partial charge in [-0.3, -0.25) is 9.59 Å². The Balaban J connectivity index is 1.40. The number of carbonyl (C=O) groups is 2. The monoisotopic (exact) mass is 532 g/mol. The lowest BCUT2D eigenvalue weighted by Crippen LogP contribution is -2.36. The number of hydrogen-bond donors (Lipinski definition) is 4. The van der Waals surface area contributed by atoms with Crippen molar-refractivity contribution in [1.29, 1.82) is 0 Å². The summed E-state index contributed by atoms with van der Waals surface area (Å²) in [7, 11) is 0. The van der Waals surface area contributed by atoms with Crippen LogP contribution in [0.3, 0.4) is 0 Å². The van der Waals surface area contributed by atoms with Gasteiger partial charge in [0.25, 0.3) is 0 Å². The SMILES string of the molecule is O=C1CC(NC(=O)C2=Cc3nc(CCCCC(O)O)c(-c4ccc(Cl)cc4)nc3CC2)c2ccccc2N1. The first kappa shape index (κ1) is 26.0. The quantitative estimate of drug-likeness (QED) is 0.252. The predicted octanol–water partition coefficient (Wildman–Crippen LogP) is 4.35. The molecule has 2 aromatic carbocycles. The van der Waals surface area contributed by atoms with Gasteiger partial charge >= 0.3 is 0 Å². The van der Waals surface area contributed by atoms with Gasteiger partial charge in [0.05, 0.1) is 35.2 Å². The van der Waals surface area contributed by atoms with Crippen LogP contribution in [0.15, 0.2) is 54.1 Å². The summed E-state index contributed by atoms with van der Waals surface area (Å²) in [5, 5.41) is 24.9. The molecular weight excluding hydrogens is 504 g/mol. The number of nitrogens with zero attached hydrogens (tertiary/aromatic N) is 2. The maximum atomic E-state index is 13.3. The van der Waals surface area contributed by atoms with E-state index in [4.69, 9.17) is 21.6 Å². The van der Waals surface area contributed by atoms with E-state index in [0.717, 1.165) is 33.9 Å². The highest BCUT2D eigenvalue weighted by atomic mass is 35.5. The van der Waals surface area contributed by atoms with Crippen LogP contribution in [0.4, 0.5) is 5.69 Å². The number of carbonyl (C=O) groups excluding carboxylic acids is 2. The van der Waals surface area contributed by atoms with Crippen LogP contribution < -0.4 is 10.6 Å². The van der Waals surface area contributed by atoms with E-state index in [1.165, 1.54) is 0 Å². The topological polar surface area (TPSA) is 124 Å². The molecule has 0 saturated carbocycles. The molecule has 2 aliphatic rings. The summed E-state index contributed by atoms with van der Waals surface area (Å²) in [5.41, 5.74) is 6.16. The third-order valence-electron chi connectivity index (χ3n) is 6.85. The molecule has 1 aliphatic heterocycles. The Kier molecular flexibility index (Phi) is 7.83. The van der Waals surface area contributed by atoms with Gasteiger partial charge in [-0.15, -0.1) is 0 Å². The maximum Gasteiger partial charge on any atom is 0.247 e. The Hall–Kier alpha value is -3.59. The average molecular weight is 533 g/mol. The van der Waals surface area contributed by atoms with Crippen LogP contribution in [0, 0.1) is 0 Å². The van der Waals surface area contributed by atoms with Crippen LogP contribution in [0.1, 0.15) is 60.8 Å². The number of unbranched alkanes of at least 4 members (excludes halogenated alkanes) is 1. The van der Waals surface area contributed by atoms with Crippen molar-refractivity contribution in [2.45, 2.75) is 57.3 Å². The highest BCUT2D eigenvalue weighted by Gasteiger charge is 2.28. The molecule has 0 radical (unpaired) electrons. The van der Waals surface area contributed by atoms with E-state index in [1.54, 1.807) is 6.08 Å². The van der Waals surface area contributed by atoms with E-state index in [2.05, 4.69) is 10.6 Å². The van der Waals surface area contributed by atoms with Crippen molar-refractivity contribution in [1.82, 2.24) is 15.3 Å². The fourth-order valence-corrected chi connectivity index (χ4v) is 5.04. The number of para-hydroxylation sites is 1. The number of aliphatic hydroxyl groups excluding tert-OH is 1. The van der Waals surface area contributed by atoms with Gasteiger partial charge in [0.2, 0.25) is 11.8 Å². The van der Waals surface area contributed by atoms with E-state index in [0.29, 0.717) is 54.8 Å². The number of rotatable bonds is 8. The Labute approximate surface area is 225 Å². The van der Waals surface area contributed by atoms with Crippen molar-refractivity contribution >= 4 is 35.2 Å². The van der Waals surface area contributed by atoms with Crippen LogP contribution in [0.25, 0.3) is 17.3 Å². The molecule has 1 aliphatic carbocycles. The molecule has 2 heterocycles. The van der Waals surface area contributed by atoms with Gasteiger partial charge in [0.1, 0.15) is 0 Å². The number of halogens is 1. The van der Waals surface area contributed by atoms with E-state index < -0.39 is 12.3 Å². The Morgan fingerprint density at radius 3 is 2.66 bits per heavy atom. The molecule has 9 heteroatoms. The number of aliphatic hydroxyl groups is 2. The molecular formula is C29H29ClN4O4. The zero-order chi connectivity index (χ0) is 26.6. The molecule has 1 unspecified atom stereocenters. The first-order valence-electron chi connectivity index (χ1n) is 12.8. The van der Waals surface area contributed by atoms with Gasteiger partial charge in [-0.05, 0) is 68.4 Å². The van der Waals surface area contributed by atoms with Gasteiger partial charge in [0, 0.05) is 21.8 Å². The van der Waals surface area contributed by atoms with Crippen molar-refractivity contribution in [2.75, 3.05) is 5.32 Å².